The molecule has 0 aromatic heterocycles. The molecule has 0 heterocycles. The molecule has 0 saturated carbocycles. The largest absolute Gasteiger partial charge is 0.389 e. The Morgan fingerprint density at radius 2 is 2.00 bits per heavy atom. The van der Waals surface area contributed by atoms with Crippen molar-refractivity contribution in [3.05, 3.63) is 41.8 Å². The Morgan fingerprint density at radius 3 is 2.58 bits per heavy atom. The topological polar surface area (TPSA) is 20.2 Å². The van der Waals surface area contributed by atoms with Crippen LogP contribution >= 0.6 is 11.8 Å². The molecule has 1 rings (SSSR count). The van der Waals surface area contributed by atoms with E-state index in [1.807, 2.05) is 35.7 Å². The van der Waals surface area contributed by atoms with Crippen molar-refractivity contribution in [1.82, 2.24) is 0 Å². The summed E-state index contributed by atoms with van der Waals surface area (Å²) in [5, 5.41) is 10.8. The third-order valence-corrected chi connectivity index (χ3v) is 2.14. The summed E-state index contributed by atoms with van der Waals surface area (Å²) in [6, 6.07) is 10.1. The fourth-order valence-electron chi connectivity index (χ4n) is 0.731. The Bertz CT molecular complexity index is 241. The molecular weight excluding hydrogens is 168 g/mol. The van der Waals surface area contributed by atoms with Gasteiger partial charge >= 0.3 is 0 Å². The summed E-state index contributed by atoms with van der Waals surface area (Å²) in [5.74, 6) is 0. The first-order valence-corrected chi connectivity index (χ1v) is 4.73. The number of benzene rings is 1. The van der Waals surface area contributed by atoms with E-state index in [0.717, 1.165) is 0 Å². The maximum Gasteiger partial charge on any atom is 0.0700 e. The lowest BCUT2D eigenvalue weighted by molar-refractivity contribution is 0.244. The summed E-state index contributed by atoms with van der Waals surface area (Å²) in [5.41, 5.74) is 0. The van der Waals surface area contributed by atoms with Crippen LogP contribution in [-0.2, 0) is 0 Å². The van der Waals surface area contributed by atoms with Gasteiger partial charge in [0.25, 0.3) is 0 Å². The van der Waals surface area contributed by atoms with Gasteiger partial charge in [0.1, 0.15) is 0 Å². The molecule has 1 aromatic carbocycles. The summed E-state index contributed by atoms with van der Waals surface area (Å²) >= 11 is 1.61. The molecule has 64 valence electrons. The molecule has 0 bridgehead atoms. The molecule has 0 fully saturated rings. The Hall–Kier alpha value is -0.730. The van der Waals surface area contributed by atoms with Crippen LogP contribution in [0.3, 0.4) is 0 Å². The molecule has 0 amide bonds. The maximum atomic E-state index is 8.93. The monoisotopic (exact) mass is 180 g/mol. The fraction of sp³-hybridized carbons (Fsp3) is 0.200. The summed E-state index contributed by atoms with van der Waals surface area (Å²) < 4.78 is 0. The number of aliphatic hydroxyl groups is 1. The van der Waals surface area contributed by atoms with Crippen molar-refractivity contribution in [3.63, 3.8) is 0 Å². The van der Waals surface area contributed by atoms with E-state index in [0.29, 0.717) is 0 Å². The van der Waals surface area contributed by atoms with E-state index in [4.69, 9.17) is 5.11 Å². The van der Waals surface area contributed by atoms with E-state index >= 15 is 0 Å². The summed E-state index contributed by atoms with van der Waals surface area (Å²) in [4.78, 5) is 1.19. The SMILES string of the molecule is CC(O)/C=C\Sc1ccccc1. The normalized spacial score (nSPS) is 13.5. The minimum atomic E-state index is -0.360. The lowest BCUT2D eigenvalue weighted by Crippen LogP contribution is -1.90. The molecule has 1 aromatic rings. The number of rotatable bonds is 3. The third kappa shape index (κ3) is 3.60. The lowest BCUT2D eigenvalue weighted by Gasteiger charge is -1.95. The van der Waals surface area contributed by atoms with Gasteiger partial charge in [-0.15, -0.1) is 0 Å². The molecule has 1 unspecified atom stereocenters. The second kappa shape index (κ2) is 5.01. The van der Waals surface area contributed by atoms with E-state index in [1.54, 1.807) is 24.8 Å². The van der Waals surface area contributed by atoms with Crippen molar-refractivity contribution in [2.75, 3.05) is 0 Å². The fourth-order valence-corrected chi connectivity index (χ4v) is 1.51. The lowest BCUT2D eigenvalue weighted by atomic mass is 10.4. The molecule has 0 aliphatic carbocycles. The average molecular weight is 180 g/mol. The van der Waals surface area contributed by atoms with Gasteiger partial charge in [-0.1, -0.05) is 30.0 Å². The van der Waals surface area contributed by atoms with Gasteiger partial charge in [-0.2, -0.15) is 0 Å². The standard InChI is InChI=1S/C10H12OS/c1-9(11)7-8-12-10-5-3-2-4-6-10/h2-9,11H,1H3/b8-7-. The highest BCUT2D eigenvalue weighted by molar-refractivity contribution is 8.02. The maximum absolute atomic E-state index is 8.93. The van der Waals surface area contributed by atoms with Gasteiger partial charge in [0.15, 0.2) is 0 Å². The predicted molar refractivity (Wildman–Crippen MR) is 53.1 cm³/mol. The van der Waals surface area contributed by atoms with Crippen LogP contribution < -0.4 is 0 Å². The van der Waals surface area contributed by atoms with Gasteiger partial charge in [0.2, 0.25) is 0 Å². The van der Waals surface area contributed by atoms with Crippen molar-refractivity contribution in [3.8, 4) is 0 Å². The first kappa shape index (κ1) is 9.36. The summed E-state index contributed by atoms with van der Waals surface area (Å²) in [6.07, 6.45) is 1.40. The van der Waals surface area contributed by atoms with E-state index < -0.39 is 0 Å². The first-order valence-electron chi connectivity index (χ1n) is 3.85. The first-order chi connectivity index (χ1) is 5.79. The van der Waals surface area contributed by atoms with Crippen LogP contribution in [0.1, 0.15) is 6.92 Å². The van der Waals surface area contributed by atoms with Gasteiger partial charge in [-0.25, -0.2) is 0 Å². The number of thioether (sulfide) groups is 1. The van der Waals surface area contributed by atoms with Crippen molar-refractivity contribution in [2.24, 2.45) is 0 Å². The van der Waals surface area contributed by atoms with Crippen LogP contribution in [0.2, 0.25) is 0 Å². The molecule has 1 nitrogen and oxygen atoms in total. The van der Waals surface area contributed by atoms with Gasteiger partial charge in [-0.3, -0.25) is 0 Å². The van der Waals surface area contributed by atoms with Crippen molar-refractivity contribution >= 4 is 11.8 Å². The highest BCUT2D eigenvalue weighted by atomic mass is 32.2. The molecule has 0 saturated heterocycles. The molecule has 0 spiro atoms. The average Bonchev–Trinajstić information content (AvgIpc) is 2.05. The quantitative estimate of drug-likeness (QED) is 0.722. The van der Waals surface area contributed by atoms with Crippen LogP contribution in [0, 0.1) is 0 Å². The number of aliphatic hydroxyl groups excluding tert-OH is 1. The Balaban J connectivity index is 2.43. The molecule has 0 radical (unpaired) electrons. The van der Waals surface area contributed by atoms with Gasteiger partial charge in [0.05, 0.1) is 6.10 Å². The molecule has 12 heavy (non-hydrogen) atoms. The van der Waals surface area contributed by atoms with Crippen LogP contribution in [0.15, 0.2) is 46.7 Å². The van der Waals surface area contributed by atoms with Crippen LogP contribution in [0.25, 0.3) is 0 Å². The molecule has 2 heteroatoms. The van der Waals surface area contributed by atoms with Crippen molar-refractivity contribution in [1.29, 1.82) is 0 Å². The molecule has 1 atom stereocenters. The van der Waals surface area contributed by atoms with Crippen molar-refractivity contribution < 1.29 is 5.11 Å². The Morgan fingerprint density at radius 1 is 1.33 bits per heavy atom. The van der Waals surface area contributed by atoms with E-state index in [9.17, 15) is 0 Å². The van der Waals surface area contributed by atoms with E-state index in [1.165, 1.54) is 4.90 Å². The van der Waals surface area contributed by atoms with Crippen LogP contribution in [0.5, 0.6) is 0 Å². The van der Waals surface area contributed by atoms with Gasteiger partial charge < -0.3 is 5.11 Å². The predicted octanol–water partition coefficient (Wildman–Crippen LogP) is 2.67. The summed E-state index contributed by atoms with van der Waals surface area (Å²) in [7, 11) is 0. The Labute approximate surface area is 77.1 Å². The van der Waals surface area contributed by atoms with Gasteiger partial charge in [-0.05, 0) is 30.5 Å². The zero-order valence-corrected chi connectivity index (χ0v) is 7.79. The Kier molecular flexibility index (Phi) is 3.91. The minimum Gasteiger partial charge on any atom is -0.389 e. The highest BCUT2D eigenvalue weighted by Crippen LogP contribution is 2.17. The van der Waals surface area contributed by atoms with E-state index in [2.05, 4.69) is 0 Å². The van der Waals surface area contributed by atoms with Crippen molar-refractivity contribution in [2.45, 2.75) is 17.9 Å². The zero-order valence-electron chi connectivity index (χ0n) is 6.97. The zero-order chi connectivity index (χ0) is 8.81. The third-order valence-electron chi connectivity index (χ3n) is 1.30. The molecule has 0 aliphatic heterocycles. The van der Waals surface area contributed by atoms with Gasteiger partial charge in [0, 0.05) is 4.90 Å². The van der Waals surface area contributed by atoms with E-state index in [-0.39, 0.29) is 6.10 Å². The molecule has 1 N–H and O–H groups in total. The van der Waals surface area contributed by atoms with Crippen LogP contribution in [0.4, 0.5) is 0 Å². The number of hydrogen-bond acceptors (Lipinski definition) is 2. The molecule has 0 aliphatic rings. The second-order valence-electron chi connectivity index (χ2n) is 2.50. The smallest absolute Gasteiger partial charge is 0.0700 e. The number of hydrogen-bond donors (Lipinski definition) is 1. The molecular formula is C10H12OS. The highest BCUT2D eigenvalue weighted by Gasteiger charge is 1.88. The second-order valence-corrected chi connectivity index (χ2v) is 3.48. The van der Waals surface area contributed by atoms with Crippen LogP contribution in [-0.4, -0.2) is 11.2 Å². The summed E-state index contributed by atoms with van der Waals surface area (Å²) in [6.45, 7) is 1.74. The minimum absolute atomic E-state index is 0.360.